The minimum absolute atomic E-state index is 0.0522. The van der Waals surface area contributed by atoms with Crippen LogP contribution < -0.4 is 5.32 Å². The van der Waals surface area contributed by atoms with Crippen molar-refractivity contribution in [2.24, 2.45) is 5.92 Å². The summed E-state index contributed by atoms with van der Waals surface area (Å²) in [6.07, 6.45) is 3.54. The van der Waals surface area contributed by atoms with Gasteiger partial charge in [-0.25, -0.2) is 0 Å². The van der Waals surface area contributed by atoms with E-state index < -0.39 is 0 Å². The van der Waals surface area contributed by atoms with Crippen molar-refractivity contribution in [3.8, 4) is 0 Å². The Hall–Kier alpha value is -1.91. The van der Waals surface area contributed by atoms with Gasteiger partial charge >= 0.3 is 0 Å². The molecule has 1 atom stereocenters. The monoisotopic (exact) mass is 247 g/mol. The van der Waals surface area contributed by atoms with Crippen molar-refractivity contribution in [1.82, 2.24) is 9.88 Å². The predicted octanol–water partition coefficient (Wildman–Crippen LogP) is 1.28. The lowest BCUT2D eigenvalue weighted by Crippen LogP contribution is -2.33. The number of aromatic nitrogens is 1. The smallest absolute Gasteiger partial charge is 0.229 e. The maximum absolute atomic E-state index is 12.0. The van der Waals surface area contributed by atoms with E-state index in [1.165, 1.54) is 0 Å². The fourth-order valence-corrected chi connectivity index (χ4v) is 2.09. The topological polar surface area (TPSA) is 62.3 Å². The molecule has 0 unspecified atom stereocenters. The molecule has 5 nitrogen and oxygen atoms in total. The Morgan fingerprint density at radius 3 is 2.89 bits per heavy atom. The number of hydrogen-bond acceptors (Lipinski definition) is 3. The van der Waals surface area contributed by atoms with Crippen LogP contribution in [0.15, 0.2) is 24.5 Å². The quantitative estimate of drug-likeness (QED) is 0.875. The standard InChI is InChI=1S/C13H17N3O2/c1-9(2)16-8-10(6-12(16)17)13(18)15-11-4-3-5-14-7-11/h3-5,7,9-10H,6,8H2,1-2H3,(H,15,18)/t10-/m0/s1. The normalized spacial score (nSPS) is 19.4. The first-order valence-corrected chi connectivity index (χ1v) is 6.08. The van der Waals surface area contributed by atoms with Gasteiger partial charge in [0.2, 0.25) is 11.8 Å². The van der Waals surface area contributed by atoms with Crippen LogP contribution >= 0.6 is 0 Å². The number of amides is 2. The highest BCUT2D eigenvalue weighted by Gasteiger charge is 2.35. The van der Waals surface area contributed by atoms with Crippen LogP contribution in [0.4, 0.5) is 5.69 Å². The molecule has 1 saturated heterocycles. The number of pyridine rings is 1. The summed E-state index contributed by atoms with van der Waals surface area (Å²) in [4.78, 5) is 29.4. The van der Waals surface area contributed by atoms with Crippen molar-refractivity contribution in [3.05, 3.63) is 24.5 Å². The second-order valence-electron chi connectivity index (χ2n) is 4.77. The van der Waals surface area contributed by atoms with Gasteiger partial charge in [0.15, 0.2) is 0 Å². The number of nitrogens with zero attached hydrogens (tertiary/aromatic N) is 2. The number of hydrogen-bond donors (Lipinski definition) is 1. The highest BCUT2D eigenvalue weighted by atomic mass is 16.2. The van der Waals surface area contributed by atoms with Gasteiger partial charge in [0.05, 0.1) is 17.8 Å². The van der Waals surface area contributed by atoms with Crippen LogP contribution in [0.25, 0.3) is 0 Å². The van der Waals surface area contributed by atoms with Gasteiger partial charge in [0, 0.05) is 25.2 Å². The second-order valence-corrected chi connectivity index (χ2v) is 4.77. The molecule has 1 N–H and O–H groups in total. The zero-order chi connectivity index (χ0) is 13.1. The van der Waals surface area contributed by atoms with Crippen molar-refractivity contribution in [3.63, 3.8) is 0 Å². The molecule has 0 bridgehead atoms. The van der Waals surface area contributed by atoms with Gasteiger partial charge in [-0.2, -0.15) is 0 Å². The maximum Gasteiger partial charge on any atom is 0.229 e. The van der Waals surface area contributed by atoms with Crippen LogP contribution in [-0.2, 0) is 9.59 Å². The molecule has 1 aromatic heterocycles. The fraction of sp³-hybridized carbons (Fsp3) is 0.462. The first-order chi connectivity index (χ1) is 8.58. The SMILES string of the molecule is CC(C)N1C[C@@H](C(=O)Nc2cccnc2)CC1=O. The summed E-state index contributed by atoms with van der Waals surface area (Å²) in [6, 6.07) is 3.69. The lowest BCUT2D eigenvalue weighted by Gasteiger charge is -2.20. The minimum Gasteiger partial charge on any atom is -0.339 e. The third kappa shape index (κ3) is 2.67. The van der Waals surface area contributed by atoms with Crippen molar-refractivity contribution in [2.75, 3.05) is 11.9 Å². The van der Waals surface area contributed by atoms with E-state index >= 15 is 0 Å². The summed E-state index contributed by atoms with van der Waals surface area (Å²) in [7, 11) is 0. The molecule has 0 saturated carbocycles. The molecule has 1 fully saturated rings. The van der Waals surface area contributed by atoms with Gasteiger partial charge in [0.25, 0.3) is 0 Å². The zero-order valence-electron chi connectivity index (χ0n) is 10.6. The minimum atomic E-state index is -0.264. The first-order valence-electron chi connectivity index (χ1n) is 6.08. The van der Waals surface area contributed by atoms with E-state index in [2.05, 4.69) is 10.3 Å². The number of rotatable bonds is 3. The molecule has 0 aromatic carbocycles. The summed E-state index contributed by atoms with van der Waals surface area (Å²) in [5, 5.41) is 2.78. The predicted molar refractivity (Wildman–Crippen MR) is 67.8 cm³/mol. The van der Waals surface area contributed by atoms with E-state index in [4.69, 9.17) is 0 Å². The Morgan fingerprint density at radius 1 is 1.56 bits per heavy atom. The Balaban J connectivity index is 1.97. The molecule has 1 aliphatic rings. The van der Waals surface area contributed by atoms with E-state index in [1.54, 1.807) is 29.4 Å². The molecule has 5 heteroatoms. The van der Waals surface area contributed by atoms with Crippen molar-refractivity contribution in [1.29, 1.82) is 0 Å². The van der Waals surface area contributed by atoms with Gasteiger partial charge in [0.1, 0.15) is 0 Å². The summed E-state index contributed by atoms with van der Waals surface area (Å²) in [6.45, 7) is 4.42. The van der Waals surface area contributed by atoms with E-state index in [0.29, 0.717) is 18.7 Å². The third-order valence-corrected chi connectivity index (χ3v) is 3.08. The summed E-state index contributed by atoms with van der Waals surface area (Å²) < 4.78 is 0. The molecule has 18 heavy (non-hydrogen) atoms. The molecule has 2 amide bonds. The molecule has 1 aromatic rings. The zero-order valence-corrected chi connectivity index (χ0v) is 10.6. The summed E-state index contributed by atoms with van der Waals surface area (Å²) in [5.74, 6) is -0.323. The van der Waals surface area contributed by atoms with Crippen molar-refractivity contribution >= 4 is 17.5 Å². The van der Waals surface area contributed by atoms with Crippen LogP contribution in [-0.4, -0.2) is 34.3 Å². The Labute approximate surface area is 106 Å². The molecule has 2 rings (SSSR count). The van der Waals surface area contributed by atoms with Crippen LogP contribution in [0.3, 0.4) is 0 Å². The lowest BCUT2D eigenvalue weighted by molar-refractivity contribution is -0.129. The molecule has 1 aliphatic heterocycles. The van der Waals surface area contributed by atoms with E-state index in [9.17, 15) is 9.59 Å². The molecular weight excluding hydrogens is 230 g/mol. The van der Waals surface area contributed by atoms with Gasteiger partial charge in [-0.1, -0.05) is 0 Å². The Morgan fingerprint density at radius 2 is 2.33 bits per heavy atom. The van der Waals surface area contributed by atoms with Gasteiger partial charge in [-0.3, -0.25) is 14.6 Å². The second kappa shape index (κ2) is 5.16. The molecule has 0 spiro atoms. The highest BCUT2D eigenvalue weighted by molar-refractivity contribution is 5.97. The number of nitrogens with one attached hydrogen (secondary N) is 1. The van der Waals surface area contributed by atoms with Crippen molar-refractivity contribution < 1.29 is 9.59 Å². The van der Waals surface area contributed by atoms with E-state index in [-0.39, 0.29) is 23.8 Å². The first kappa shape index (κ1) is 12.5. The largest absolute Gasteiger partial charge is 0.339 e. The highest BCUT2D eigenvalue weighted by Crippen LogP contribution is 2.21. The van der Waals surface area contributed by atoms with E-state index in [1.807, 2.05) is 13.8 Å². The van der Waals surface area contributed by atoms with Crippen LogP contribution in [0, 0.1) is 5.92 Å². The maximum atomic E-state index is 12.0. The molecular formula is C13H17N3O2. The summed E-state index contributed by atoms with van der Waals surface area (Å²) >= 11 is 0. The number of carbonyl (C=O) groups excluding carboxylic acids is 2. The lowest BCUT2D eigenvalue weighted by atomic mass is 10.1. The van der Waals surface area contributed by atoms with Gasteiger partial charge < -0.3 is 10.2 Å². The third-order valence-electron chi connectivity index (χ3n) is 3.08. The molecule has 0 aliphatic carbocycles. The van der Waals surface area contributed by atoms with E-state index in [0.717, 1.165) is 0 Å². The Bertz CT molecular complexity index is 445. The Kier molecular flexibility index (Phi) is 3.60. The van der Waals surface area contributed by atoms with Crippen LogP contribution in [0.1, 0.15) is 20.3 Å². The molecule has 96 valence electrons. The molecule has 2 heterocycles. The number of carbonyl (C=O) groups is 2. The van der Waals surface area contributed by atoms with Gasteiger partial charge in [-0.15, -0.1) is 0 Å². The van der Waals surface area contributed by atoms with Crippen molar-refractivity contribution in [2.45, 2.75) is 26.3 Å². The fourth-order valence-electron chi connectivity index (χ4n) is 2.09. The van der Waals surface area contributed by atoms with Crippen LogP contribution in [0.2, 0.25) is 0 Å². The number of likely N-dealkylation sites (tertiary alicyclic amines) is 1. The number of anilines is 1. The average Bonchev–Trinajstić information content (AvgIpc) is 2.73. The summed E-state index contributed by atoms with van der Waals surface area (Å²) in [5.41, 5.74) is 0.665. The van der Waals surface area contributed by atoms with Gasteiger partial charge in [-0.05, 0) is 26.0 Å². The van der Waals surface area contributed by atoms with Crippen LogP contribution in [0.5, 0.6) is 0 Å². The average molecular weight is 247 g/mol. The molecule has 0 radical (unpaired) electrons.